The average molecular weight is 373 g/mol. The van der Waals surface area contributed by atoms with Crippen LogP contribution in [0.15, 0.2) is 24.3 Å². The maximum Gasteiger partial charge on any atom is 0.239 e. The summed E-state index contributed by atoms with van der Waals surface area (Å²) in [5, 5.41) is 0. The standard InChI is InChI=1S/C18H25FN2O3.ClH/c1-12-10-21(18(22)17(20)14-6-8-23-9-7-14)11-16(24-12)13-2-4-15(19)5-3-13;/h2-5,12,14,16-17H,6-11,20H2,1H3;1H. The molecule has 0 bridgehead atoms. The Bertz CT molecular complexity index is 566. The molecule has 3 unspecified atom stereocenters. The Morgan fingerprint density at radius 2 is 1.88 bits per heavy atom. The molecule has 0 radical (unpaired) electrons. The Balaban J connectivity index is 0.00000225. The van der Waals surface area contributed by atoms with E-state index < -0.39 is 6.04 Å². The molecule has 0 aliphatic carbocycles. The summed E-state index contributed by atoms with van der Waals surface area (Å²) < 4.78 is 24.4. The smallest absolute Gasteiger partial charge is 0.239 e. The molecule has 2 heterocycles. The largest absolute Gasteiger partial charge is 0.381 e. The first-order valence-electron chi connectivity index (χ1n) is 8.57. The van der Waals surface area contributed by atoms with E-state index in [0.717, 1.165) is 18.4 Å². The number of carbonyl (C=O) groups excluding carboxylic acids is 1. The second-order valence-electron chi connectivity index (χ2n) is 6.71. The Labute approximate surface area is 154 Å². The van der Waals surface area contributed by atoms with Crippen molar-refractivity contribution in [3.05, 3.63) is 35.6 Å². The van der Waals surface area contributed by atoms with Gasteiger partial charge in [0.05, 0.1) is 18.7 Å². The predicted octanol–water partition coefficient (Wildman–Crippen LogP) is 2.29. The zero-order chi connectivity index (χ0) is 17.1. The molecule has 3 atom stereocenters. The van der Waals surface area contributed by atoms with Gasteiger partial charge >= 0.3 is 0 Å². The van der Waals surface area contributed by atoms with Crippen LogP contribution in [0.25, 0.3) is 0 Å². The molecule has 1 aromatic rings. The second-order valence-corrected chi connectivity index (χ2v) is 6.71. The van der Waals surface area contributed by atoms with Crippen molar-refractivity contribution < 1.29 is 18.7 Å². The summed E-state index contributed by atoms with van der Waals surface area (Å²) in [4.78, 5) is 14.6. The van der Waals surface area contributed by atoms with Crippen LogP contribution in [0.2, 0.25) is 0 Å². The van der Waals surface area contributed by atoms with Gasteiger partial charge in [-0.2, -0.15) is 0 Å². The van der Waals surface area contributed by atoms with Crippen LogP contribution in [0.4, 0.5) is 4.39 Å². The Morgan fingerprint density at radius 3 is 2.52 bits per heavy atom. The summed E-state index contributed by atoms with van der Waals surface area (Å²) in [6.07, 6.45) is 1.32. The van der Waals surface area contributed by atoms with Crippen LogP contribution < -0.4 is 5.73 Å². The Kier molecular flexibility index (Phi) is 7.19. The number of hydrogen-bond acceptors (Lipinski definition) is 4. The lowest BCUT2D eigenvalue weighted by Crippen LogP contribution is -2.54. The van der Waals surface area contributed by atoms with Crippen LogP contribution in [-0.4, -0.2) is 49.3 Å². The summed E-state index contributed by atoms with van der Waals surface area (Å²) in [5.41, 5.74) is 7.11. The van der Waals surface area contributed by atoms with E-state index in [4.69, 9.17) is 15.2 Å². The molecular formula is C18H26ClFN2O3. The summed E-state index contributed by atoms with van der Waals surface area (Å²) in [6, 6.07) is 5.75. The van der Waals surface area contributed by atoms with Crippen molar-refractivity contribution in [1.29, 1.82) is 0 Å². The zero-order valence-electron chi connectivity index (χ0n) is 14.4. The van der Waals surface area contributed by atoms with Crippen LogP contribution in [0.3, 0.4) is 0 Å². The van der Waals surface area contributed by atoms with E-state index in [1.165, 1.54) is 12.1 Å². The van der Waals surface area contributed by atoms with Gasteiger partial charge in [-0.05, 0) is 43.4 Å². The van der Waals surface area contributed by atoms with Crippen molar-refractivity contribution in [2.45, 2.75) is 38.0 Å². The van der Waals surface area contributed by atoms with Gasteiger partial charge in [-0.1, -0.05) is 12.1 Å². The minimum absolute atomic E-state index is 0. The predicted molar refractivity (Wildman–Crippen MR) is 95.0 cm³/mol. The molecule has 1 aromatic carbocycles. The summed E-state index contributed by atoms with van der Waals surface area (Å²) in [5.74, 6) is -0.130. The maximum absolute atomic E-state index is 13.1. The molecule has 140 valence electrons. The first kappa shape index (κ1) is 20.1. The highest BCUT2D eigenvalue weighted by molar-refractivity contribution is 5.85. The Hall–Kier alpha value is -1.21. The molecule has 2 N–H and O–H groups in total. The molecule has 25 heavy (non-hydrogen) atoms. The molecule has 3 rings (SSSR count). The van der Waals surface area contributed by atoms with E-state index in [1.807, 2.05) is 6.92 Å². The number of morpholine rings is 1. The molecule has 2 aliphatic rings. The lowest BCUT2D eigenvalue weighted by Gasteiger charge is -2.39. The first-order chi connectivity index (χ1) is 11.5. The van der Waals surface area contributed by atoms with Gasteiger partial charge in [0, 0.05) is 19.8 Å². The lowest BCUT2D eigenvalue weighted by atomic mass is 9.91. The van der Waals surface area contributed by atoms with E-state index >= 15 is 0 Å². The summed E-state index contributed by atoms with van der Waals surface area (Å²) >= 11 is 0. The minimum atomic E-state index is -0.493. The second kappa shape index (κ2) is 8.94. The third kappa shape index (κ3) is 4.91. The van der Waals surface area contributed by atoms with E-state index in [2.05, 4.69) is 0 Å². The van der Waals surface area contributed by atoms with Gasteiger partial charge < -0.3 is 20.1 Å². The van der Waals surface area contributed by atoms with E-state index in [0.29, 0.717) is 26.3 Å². The number of ether oxygens (including phenoxy) is 2. The quantitative estimate of drug-likeness (QED) is 0.884. The van der Waals surface area contributed by atoms with Gasteiger partial charge in [0.15, 0.2) is 0 Å². The highest BCUT2D eigenvalue weighted by atomic mass is 35.5. The van der Waals surface area contributed by atoms with Crippen molar-refractivity contribution in [1.82, 2.24) is 4.90 Å². The third-order valence-electron chi connectivity index (χ3n) is 4.87. The molecule has 7 heteroatoms. The van der Waals surface area contributed by atoms with Gasteiger partial charge in [0.25, 0.3) is 0 Å². The van der Waals surface area contributed by atoms with Crippen LogP contribution in [0.5, 0.6) is 0 Å². The van der Waals surface area contributed by atoms with Gasteiger partial charge in [-0.15, -0.1) is 12.4 Å². The van der Waals surface area contributed by atoms with Gasteiger partial charge in [-0.3, -0.25) is 4.79 Å². The number of amides is 1. The van der Waals surface area contributed by atoms with E-state index in [-0.39, 0.29) is 42.3 Å². The number of nitrogens with two attached hydrogens (primary N) is 1. The molecule has 0 saturated carbocycles. The highest BCUT2D eigenvalue weighted by Gasteiger charge is 2.35. The molecule has 2 saturated heterocycles. The van der Waals surface area contributed by atoms with Crippen LogP contribution in [0, 0.1) is 11.7 Å². The van der Waals surface area contributed by atoms with E-state index in [1.54, 1.807) is 17.0 Å². The van der Waals surface area contributed by atoms with Crippen LogP contribution in [-0.2, 0) is 14.3 Å². The Morgan fingerprint density at radius 1 is 1.24 bits per heavy atom. The van der Waals surface area contributed by atoms with Crippen molar-refractivity contribution >= 4 is 18.3 Å². The number of nitrogens with zero attached hydrogens (tertiary/aromatic N) is 1. The van der Waals surface area contributed by atoms with Crippen molar-refractivity contribution in [3.8, 4) is 0 Å². The number of benzene rings is 1. The SMILES string of the molecule is CC1CN(C(=O)C(N)C2CCOCC2)CC(c2ccc(F)cc2)O1.Cl. The fourth-order valence-electron chi connectivity index (χ4n) is 3.48. The molecule has 1 amide bonds. The number of carbonyl (C=O) groups is 1. The summed E-state index contributed by atoms with van der Waals surface area (Å²) in [7, 11) is 0. The zero-order valence-corrected chi connectivity index (χ0v) is 15.2. The molecule has 5 nitrogen and oxygen atoms in total. The van der Waals surface area contributed by atoms with Crippen LogP contribution >= 0.6 is 12.4 Å². The summed E-state index contributed by atoms with van der Waals surface area (Å²) in [6.45, 7) is 4.27. The average Bonchev–Trinajstić information content (AvgIpc) is 2.61. The van der Waals surface area contributed by atoms with Crippen molar-refractivity contribution in [3.63, 3.8) is 0 Å². The van der Waals surface area contributed by atoms with Gasteiger partial charge in [0.2, 0.25) is 5.91 Å². The monoisotopic (exact) mass is 372 g/mol. The van der Waals surface area contributed by atoms with Crippen LogP contribution in [0.1, 0.15) is 31.4 Å². The minimum Gasteiger partial charge on any atom is -0.381 e. The van der Waals surface area contributed by atoms with Crippen molar-refractivity contribution in [2.75, 3.05) is 26.3 Å². The molecule has 0 aromatic heterocycles. The van der Waals surface area contributed by atoms with Crippen molar-refractivity contribution in [2.24, 2.45) is 11.7 Å². The van der Waals surface area contributed by atoms with E-state index in [9.17, 15) is 9.18 Å². The lowest BCUT2D eigenvalue weighted by molar-refractivity contribution is -0.148. The van der Waals surface area contributed by atoms with Gasteiger partial charge in [-0.25, -0.2) is 4.39 Å². The number of halogens is 2. The molecule has 2 fully saturated rings. The normalized spacial score (nSPS) is 26.0. The maximum atomic E-state index is 13.1. The number of rotatable bonds is 3. The van der Waals surface area contributed by atoms with Gasteiger partial charge in [0.1, 0.15) is 11.9 Å². The fraction of sp³-hybridized carbons (Fsp3) is 0.611. The third-order valence-corrected chi connectivity index (χ3v) is 4.87. The molecular weight excluding hydrogens is 347 g/mol. The highest BCUT2D eigenvalue weighted by Crippen LogP contribution is 2.27. The topological polar surface area (TPSA) is 64.8 Å². The fourth-order valence-corrected chi connectivity index (χ4v) is 3.48. The molecule has 2 aliphatic heterocycles. The number of hydrogen-bond donors (Lipinski definition) is 1. The molecule has 0 spiro atoms. The first-order valence-corrected chi connectivity index (χ1v) is 8.57.